The Kier molecular flexibility index (Phi) is 7.19. The van der Waals surface area contributed by atoms with Gasteiger partial charge >= 0.3 is 24.7 Å². The van der Waals surface area contributed by atoms with Crippen molar-refractivity contribution in [3.05, 3.63) is 52.3 Å². The average Bonchev–Trinajstić information content (AvgIpc) is 3.57. The number of alkyl halides is 12. The van der Waals surface area contributed by atoms with Gasteiger partial charge in [0.05, 0.1) is 11.1 Å². The summed E-state index contributed by atoms with van der Waals surface area (Å²) in [6.45, 7) is -2.70. The number of carbonyl (C=O) groups excluding carboxylic acids is 1. The molecule has 2 heterocycles. The maximum Gasteiger partial charge on any atom is 0.433 e. The fourth-order valence-electron chi connectivity index (χ4n) is 4.44. The summed E-state index contributed by atoms with van der Waals surface area (Å²) in [7, 11) is 0. The Labute approximate surface area is 217 Å². The molecule has 0 spiro atoms. The van der Waals surface area contributed by atoms with Gasteiger partial charge < -0.3 is 10.2 Å². The second-order valence-electron chi connectivity index (χ2n) is 9.58. The summed E-state index contributed by atoms with van der Waals surface area (Å²) >= 11 is 0. The third-order valence-corrected chi connectivity index (χ3v) is 6.76. The summed E-state index contributed by atoms with van der Waals surface area (Å²) in [4.78, 5) is 19.4. The van der Waals surface area contributed by atoms with Crippen molar-refractivity contribution in [1.29, 1.82) is 0 Å². The molecule has 2 aromatic rings. The molecule has 1 N–H and O–H groups in total. The SMILES string of the molecule is O=C(NCc1cnc(N2CCC(c3cc(C(F)(F)F)cc(C(F)(F)F)c3)(C(F)(F)F)C2)nc1C(F)(F)F)C1CC1. The van der Waals surface area contributed by atoms with E-state index in [4.69, 9.17) is 0 Å². The van der Waals surface area contributed by atoms with Crippen LogP contribution < -0.4 is 10.2 Å². The Hall–Kier alpha value is -3.27. The first-order valence-electron chi connectivity index (χ1n) is 11.5. The predicted octanol–water partition coefficient (Wildman–Crippen LogP) is 6.27. The maximum absolute atomic E-state index is 14.4. The first kappa shape index (κ1) is 29.7. The molecule has 1 saturated carbocycles. The summed E-state index contributed by atoms with van der Waals surface area (Å²) in [5.74, 6) is -1.69. The smallest absolute Gasteiger partial charge is 0.352 e. The fraction of sp³-hybridized carbons (Fsp3) is 0.522. The monoisotopic (exact) mass is 594 g/mol. The van der Waals surface area contributed by atoms with E-state index in [1.807, 2.05) is 0 Å². The minimum absolute atomic E-state index is 0.0418. The second-order valence-corrected chi connectivity index (χ2v) is 9.58. The number of nitrogens with one attached hydrogen (secondary N) is 1. The van der Waals surface area contributed by atoms with Crippen molar-refractivity contribution >= 4 is 11.9 Å². The molecule has 2 fully saturated rings. The molecule has 0 bridgehead atoms. The molecular weight excluding hydrogens is 576 g/mol. The van der Waals surface area contributed by atoms with E-state index in [0.29, 0.717) is 23.9 Å². The summed E-state index contributed by atoms with van der Waals surface area (Å²) < 4.78 is 164. The van der Waals surface area contributed by atoms with Crippen molar-refractivity contribution in [2.45, 2.75) is 55.9 Å². The van der Waals surface area contributed by atoms with E-state index >= 15 is 0 Å². The van der Waals surface area contributed by atoms with E-state index in [2.05, 4.69) is 15.3 Å². The van der Waals surface area contributed by atoms with Gasteiger partial charge in [0, 0.05) is 37.3 Å². The number of carbonyl (C=O) groups is 1. The first-order valence-corrected chi connectivity index (χ1v) is 11.5. The van der Waals surface area contributed by atoms with Gasteiger partial charge in [-0.15, -0.1) is 0 Å². The van der Waals surface area contributed by atoms with Gasteiger partial charge in [-0.3, -0.25) is 4.79 Å². The minimum Gasteiger partial charge on any atom is -0.352 e. The highest BCUT2D eigenvalue weighted by Gasteiger charge is 2.60. The number of hydrogen-bond acceptors (Lipinski definition) is 4. The molecular formula is C23H18F12N4O. The lowest BCUT2D eigenvalue weighted by atomic mass is 9.77. The molecule has 1 atom stereocenters. The van der Waals surface area contributed by atoms with Crippen molar-refractivity contribution in [2.75, 3.05) is 18.0 Å². The minimum atomic E-state index is -5.42. The Morgan fingerprint density at radius 2 is 1.48 bits per heavy atom. The molecule has 220 valence electrons. The average molecular weight is 594 g/mol. The summed E-state index contributed by atoms with van der Waals surface area (Å²) in [6.07, 6.45) is -20.7. The highest BCUT2D eigenvalue weighted by molar-refractivity contribution is 5.80. The van der Waals surface area contributed by atoms with Crippen molar-refractivity contribution in [3.63, 3.8) is 0 Å². The molecule has 2 aliphatic rings. The zero-order chi connectivity index (χ0) is 29.9. The highest BCUT2D eigenvalue weighted by Crippen LogP contribution is 2.50. The van der Waals surface area contributed by atoms with Gasteiger partial charge in [-0.25, -0.2) is 9.97 Å². The van der Waals surface area contributed by atoms with Gasteiger partial charge in [0.2, 0.25) is 11.9 Å². The number of anilines is 1. The zero-order valence-electron chi connectivity index (χ0n) is 19.9. The summed E-state index contributed by atoms with van der Waals surface area (Å²) in [6, 6.07) is -0.403. The molecule has 40 heavy (non-hydrogen) atoms. The quantitative estimate of drug-likeness (QED) is 0.415. The van der Waals surface area contributed by atoms with Gasteiger partial charge in [0.1, 0.15) is 5.41 Å². The van der Waals surface area contributed by atoms with Crippen molar-refractivity contribution in [3.8, 4) is 0 Å². The van der Waals surface area contributed by atoms with Gasteiger partial charge in [-0.05, 0) is 43.0 Å². The van der Waals surface area contributed by atoms with Gasteiger partial charge in [0.15, 0.2) is 5.69 Å². The standard InChI is InChI=1S/C23H18F12N4O/c24-20(25,26)14-5-13(6-15(7-14)21(27,28)29)19(23(33,34)35)3-4-39(10-19)18-37-9-12(16(38-18)22(30,31)32)8-36-17(40)11-1-2-11/h5-7,9,11H,1-4,8,10H2,(H,36,40). The van der Waals surface area contributed by atoms with Crippen LogP contribution in [0.25, 0.3) is 0 Å². The van der Waals surface area contributed by atoms with E-state index in [-0.39, 0.29) is 24.1 Å². The van der Waals surface area contributed by atoms with E-state index in [9.17, 15) is 57.5 Å². The molecule has 1 aromatic heterocycles. The maximum atomic E-state index is 14.4. The molecule has 4 rings (SSSR count). The highest BCUT2D eigenvalue weighted by atomic mass is 19.4. The number of rotatable bonds is 5. The van der Waals surface area contributed by atoms with E-state index < -0.39 is 96.0 Å². The van der Waals surface area contributed by atoms with Crippen LogP contribution in [0.3, 0.4) is 0 Å². The molecule has 1 aromatic carbocycles. The third-order valence-electron chi connectivity index (χ3n) is 6.76. The van der Waals surface area contributed by atoms with Crippen LogP contribution in [-0.2, 0) is 35.3 Å². The molecule has 1 amide bonds. The molecule has 1 aliphatic heterocycles. The van der Waals surface area contributed by atoms with E-state index in [1.165, 1.54) is 0 Å². The summed E-state index contributed by atoms with van der Waals surface area (Å²) in [5, 5.41) is 2.29. The third kappa shape index (κ3) is 5.92. The van der Waals surface area contributed by atoms with Crippen molar-refractivity contribution in [1.82, 2.24) is 15.3 Å². The van der Waals surface area contributed by atoms with Crippen LogP contribution in [0.2, 0.25) is 0 Å². The Morgan fingerprint density at radius 1 is 0.900 bits per heavy atom. The normalized spacial score (nSPS) is 20.6. The summed E-state index contributed by atoms with van der Waals surface area (Å²) in [5.41, 5.74) is -10.7. The molecule has 1 unspecified atom stereocenters. The first-order chi connectivity index (χ1) is 18.2. The van der Waals surface area contributed by atoms with Crippen LogP contribution in [0.1, 0.15) is 47.2 Å². The lowest BCUT2D eigenvalue weighted by Gasteiger charge is -2.33. The van der Waals surface area contributed by atoms with Crippen molar-refractivity contribution in [2.24, 2.45) is 5.92 Å². The van der Waals surface area contributed by atoms with Crippen LogP contribution in [0.5, 0.6) is 0 Å². The van der Waals surface area contributed by atoms with Crippen LogP contribution in [0.4, 0.5) is 58.6 Å². The van der Waals surface area contributed by atoms with Crippen LogP contribution in [-0.4, -0.2) is 35.1 Å². The van der Waals surface area contributed by atoms with E-state index in [1.54, 1.807) is 0 Å². The van der Waals surface area contributed by atoms with Gasteiger partial charge in [0.25, 0.3) is 0 Å². The molecule has 5 nitrogen and oxygen atoms in total. The molecule has 1 saturated heterocycles. The molecule has 0 radical (unpaired) electrons. The Bertz CT molecular complexity index is 1250. The van der Waals surface area contributed by atoms with Gasteiger partial charge in [-0.2, -0.15) is 52.7 Å². The predicted molar refractivity (Wildman–Crippen MR) is 113 cm³/mol. The van der Waals surface area contributed by atoms with Crippen LogP contribution >= 0.6 is 0 Å². The number of nitrogens with zero attached hydrogens (tertiary/aromatic N) is 3. The van der Waals surface area contributed by atoms with Crippen LogP contribution in [0.15, 0.2) is 24.4 Å². The number of benzene rings is 1. The topological polar surface area (TPSA) is 58.1 Å². The molecule has 17 heteroatoms. The zero-order valence-corrected chi connectivity index (χ0v) is 19.9. The lowest BCUT2D eigenvalue weighted by Crippen LogP contribution is -2.45. The molecule has 1 aliphatic carbocycles. The Balaban J connectivity index is 1.72. The van der Waals surface area contributed by atoms with Crippen molar-refractivity contribution < 1.29 is 57.5 Å². The fourth-order valence-corrected chi connectivity index (χ4v) is 4.44. The number of aromatic nitrogens is 2. The second kappa shape index (κ2) is 9.68. The van der Waals surface area contributed by atoms with Crippen LogP contribution in [0, 0.1) is 5.92 Å². The van der Waals surface area contributed by atoms with E-state index in [0.717, 1.165) is 0 Å². The van der Waals surface area contributed by atoms with Gasteiger partial charge in [-0.1, -0.05) is 0 Å². The lowest BCUT2D eigenvalue weighted by molar-refractivity contribution is -0.185. The largest absolute Gasteiger partial charge is 0.433 e. The number of hydrogen-bond donors (Lipinski definition) is 1. The Morgan fingerprint density at radius 3 is 1.95 bits per heavy atom. The number of amides is 1. The number of halogens is 12.